The molecule has 4 rings (SSSR count). The van der Waals surface area contributed by atoms with E-state index < -0.39 is 24.1 Å². The van der Waals surface area contributed by atoms with Crippen LogP contribution in [0.1, 0.15) is 5.56 Å². The van der Waals surface area contributed by atoms with Gasteiger partial charge in [-0.1, -0.05) is 36.4 Å². The van der Waals surface area contributed by atoms with Crippen LogP contribution in [0, 0.1) is 0 Å². The predicted molar refractivity (Wildman–Crippen MR) is 97.3 cm³/mol. The summed E-state index contributed by atoms with van der Waals surface area (Å²) in [5.41, 5.74) is 1.06. The summed E-state index contributed by atoms with van der Waals surface area (Å²) in [5, 5.41) is 14.4. The van der Waals surface area contributed by atoms with E-state index in [2.05, 4.69) is 5.32 Å². The van der Waals surface area contributed by atoms with Gasteiger partial charge in [0, 0.05) is 17.7 Å². The van der Waals surface area contributed by atoms with Crippen molar-refractivity contribution in [2.24, 2.45) is 0 Å². The van der Waals surface area contributed by atoms with Crippen molar-refractivity contribution in [2.75, 3.05) is 6.61 Å². The molecule has 0 bridgehead atoms. The second kappa shape index (κ2) is 7.84. The van der Waals surface area contributed by atoms with Crippen LogP contribution in [0.15, 0.2) is 72.2 Å². The van der Waals surface area contributed by atoms with Gasteiger partial charge in [0.1, 0.15) is 0 Å². The van der Waals surface area contributed by atoms with Crippen molar-refractivity contribution in [3.05, 3.63) is 77.8 Å². The highest BCUT2D eigenvalue weighted by Gasteiger charge is 2.53. The van der Waals surface area contributed by atoms with Crippen LogP contribution in [-0.4, -0.2) is 41.6 Å². The monoisotopic (exact) mass is 393 g/mol. The molecule has 1 fully saturated rings. The zero-order valence-corrected chi connectivity index (χ0v) is 15.5. The normalized spacial score (nSPS) is 20.7. The van der Waals surface area contributed by atoms with E-state index in [1.165, 1.54) is 0 Å². The lowest BCUT2D eigenvalue weighted by molar-refractivity contribution is -0.689. The summed E-state index contributed by atoms with van der Waals surface area (Å²) in [5.74, 6) is -2.29. The molecule has 0 saturated carbocycles. The number of aromatic nitrogens is 1. The first kappa shape index (κ1) is 18.8. The number of benzene rings is 1. The predicted octanol–water partition coefficient (Wildman–Crippen LogP) is -1.10. The van der Waals surface area contributed by atoms with Gasteiger partial charge in [0.25, 0.3) is 5.91 Å². The second-order valence-electron chi connectivity index (χ2n) is 6.90. The number of carboxylic acids is 1. The number of hydrogen-bond donors (Lipinski definition) is 1. The largest absolute Gasteiger partial charge is 0.543 e. The number of carbonyl (C=O) groups is 3. The Morgan fingerprint density at radius 3 is 2.52 bits per heavy atom. The van der Waals surface area contributed by atoms with E-state index in [-0.39, 0.29) is 31.2 Å². The SMILES string of the molecule is O=C(Cc1ccccc1)N[C@@H]1C(=O)N2C(C(=O)[O-])=C(C[n+]3ccccc3)CO[C@H]12. The lowest BCUT2D eigenvalue weighted by Crippen LogP contribution is -2.73. The maximum atomic E-state index is 12.6. The van der Waals surface area contributed by atoms with Crippen molar-refractivity contribution in [3.63, 3.8) is 0 Å². The Bertz CT molecular complexity index is 974. The number of aliphatic carboxylic acids is 1. The third-order valence-electron chi connectivity index (χ3n) is 4.92. The average Bonchev–Trinajstić information content (AvgIpc) is 2.73. The minimum absolute atomic E-state index is 0.0325. The number of carboxylic acid groups (broad SMARTS) is 1. The molecule has 1 saturated heterocycles. The van der Waals surface area contributed by atoms with E-state index in [9.17, 15) is 19.5 Å². The molecule has 2 aromatic rings. The molecule has 0 spiro atoms. The molecule has 0 radical (unpaired) electrons. The number of carbonyl (C=O) groups excluding carboxylic acids is 3. The first-order valence-electron chi connectivity index (χ1n) is 9.20. The van der Waals surface area contributed by atoms with Crippen LogP contribution in [0.4, 0.5) is 0 Å². The topological polar surface area (TPSA) is 103 Å². The maximum Gasteiger partial charge on any atom is 0.256 e. The van der Waals surface area contributed by atoms with Crippen LogP contribution >= 0.6 is 0 Å². The molecule has 8 heteroatoms. The van der Waals surface area contributed by atoms with Crippen LogP contribution in [-0.2, 0) is 32.1 Å². The molecular formula is C21H19N3O5. The zero-order valence-electron chi connectivity index (χ0n) is 15.5. The number of nitrogens with zero attached hydrogens (tertiary/aromatic N) is 2. The third kappa shape index (κ3) is 3.74. The van der Waals surface area contributed by atoms with E-state index in [0.29, 0.717) is 5.57 Å². The van der Waals surface area contributed by atoms with Crippen LogP contribution in [0.5, 0.6) is 0 Å². The Balaban J connectivity index is 1.48. The van der Waals surface area contributed by atoms with Gasteiger partial charge in [-0.15, -0.1) is 0 Å². The van der Waals surface area contributed by atoms with Crippen molar-refractivity contribution in [1.82, 2.24) is 10.2 Å². The molecule has 2 atom stereocenters. The molecule has 1 aromatic carbocycles. The van der Waals surface area contributed by atoms with Gasteiger partial charge in [0.2, 0.25) is 5.91 Å². The molecular weight excluding hydrogens is 374 g/mol. The number of amides is 2. The Morgan fingerprint density at radius 2 is 1.83 bits per heavy atom. The summed E-state index contributed by atoms with van der Waals surface area (Å²) in [7, 11) is 0. The average molecular weight is 393 g/mol. The van der Waals surface area contributed by atoms with E-state index in [1.807, 2.05) is 48.5 Å². The van der Waals surface area contributed by atoms with Crippen molar-refractivity contribution < 1.29 is 28.8 Å². The van der Waals surface area contributed by atoms with Crippen molar-refractivity contribution >= 4 is 17.8 Å². The van der Waals surface area contributed by atoms with Gasteiger partial charge >= 0.3 is 0 Å². The fourth-order valence-corrected chi connectivity index (χ4v) is 3.56. The fraction of sp³-hybridized carbons (Fsp3) is 0.238. The van der Waals surface area contributed by atoms with Gasteiger partial charge in [-0.3, -0.25) is 14.5 Å². The van der Waals surface area contributed by atoms with Crippen molar-refractivity contribution in [1.29, 1.82) is 0 Å². The summed E-state index contributed by atoms with van der Waals surface area (Å²) in [6.45, 7) is 0.288. The molecule has 0 aliphatic carbocycles. The summed E-state index contributed by atoms with van der Waals surface area (Å²) in [4.78, 5) is 37.7. The van der Waals surface area contributed by atoms with Gasteiger partial charge < -0.3 is 20.0 Å². The highest BCUT2D eigenvalue weighted by Crippen LogP contribution is 2.32. The maximum absolute atomic E-state index is 12.6. The molecule has 8 nitrogen and oxygen atoms in total. The molecule has 2 aliphatic rings. The fourth-order valence-electron chi connectivity index (χ4n) is 3.56. The van der Waals surface area contributed by atoms with Crippen LogP contribution in [0.3, 0.4) is 0 Å². The number of rotatable bonds is 6. The van der Waals surface area contributed by atoms with Crippen molar-refractivity contribution in [2.45, 2.75) is 25.2 Å². The Hall–Kier alpha value is -3.52. The molecule has 1 aromatic heterocycles. The first-order valence-corrected chi connectivity index (χ1v) is 9.20. The number of pyridine rings is 1. The quantitative estimate of drug-likeness (QED) is 0.496. The Morgan fingerprint density at radius 1 is 1.14 bits per heavy atom. The molecule has 1 N–H and O–H groups in total. The van der Waals surface area contributed by atoms with E-state index in [1.54, 1.807) is 17.0 Å². The van der Waals surface area contributed by atoms with Crippen LogP contribution in [0.25, 0.3) is 0 Å². The number of β-lactam (4-membered cyclic amide) rings is 1. The number of hydrogen-bond acceptors (Lipinski definition) is 5. The lowest BCUT2D eigenvalue weighted by atomic mass is 9.98. The van der Waals surface area contributed by atoms with Gasteiger partial charge in [-0.05, 0) is 5.56 Å². The van der Waals surface area contributed by atoms with E-state index >= 15 is 0 Å². The summed E-state index contributed by atoms with van der Waals surface area (Å²) in [6.07, 6.45) is 2.85. The Kier molecular flexibility index (Phi) is 5.09. The number of ether oxygens (including phenoxy) is 1. The van der Waals surface area contributed by atoms with Crippen LogP contribution in [0.2, 0.25) is 0 Å². The molecule has 3 heterocycles. The molecule has 2 amide bonds. The second-order valence-corrected chi connectivity index (χ2v) is 6.90. The standard InChI is InChI=1S/C21H19N3O5/c25-16(11-14-7-3-1-4-8-14)22-17-19(26)24-18(21(27)28)15(13-29-20(17)24)12-23-9-5-2-6-10-23/h1-10,17,20H,11-13H2,(H-,22,25,27,28)/t17-,20-/m1/s1. The molecule has 0 unspecified atom stereocenters. The number of fused-ring (bicyclic) bond motifs is 1. The summed E-state index contributed by atoms with van der Waals surface area (Å²) < 4.78 is 7.49. The summed E-state index contributed by atoms with van der Waals surface area (Å²) >= 11 is 0. The molecule has 29 heavy (non-hydrogen) atoms. The minimum atomic E-state index is -1.44. The number of nitrogens with one attached hydrogen (secondary N) is 1. The lowest BCUT2D eigenvalue weighted by Gasteiger charge is -2.50. The first-order chi connectivity index (χ1) is 14.0. The summed E-state index contributed by atoms with van der Waals surface area (Å²) in [6, 6.07) is 13.7. The highest BCUT2D eigenvalue weighted by atomic mass is 16.5. The van der Waals surface area contributed by atoms with Gasteiger partial charge in [-0.25, -0.2) is 4.57 Å². The van der Waals surface area contributed by atoms with Crippen molar-refractivity contribution in [3.8, 4) is 0 Å². The van der Waals surface area contributed by atoms with E-state index in [4.69, 9.17) is 4.74 Å². The smallest absolute Gasteiger partial charge is 0.256 e. The van der Waals surface area contributed by atoms with Crippen LogP contribution < -0.4 is 15.0 Å². The van der Waals surface area contributed by atoms with Gasteiger partial charge in [0.05, 0.1) is 24.7 Å². The van der Waals surface area contributed by atoms with Gasteiger partial charge in [-0.2, -0.15) is 0 Å². The Labute approximate surface area is 167 Å². The zero-order chi connectivity index (χ0) is 20.4. The highest BCUT2D eigenvalue weighted by molar-refractivity contribution is 6.00. The molecule has 148 valence electrons. The van der Waals surface area contributed by atoms with Gasteiger partial charge in [0.15, 0.2) is 31.2 Å². The third-order valence-corrected chi connectivity index (χ3v) is 4.92. The minimum Gasteiger partial charge on any atom is -0.543 e. The molecule has 2 aliphatic heterocycles. The van der Waals surface area contributed by atoms with E-state index in [0.717, 1.165) is 10.5 Å².